The average Bonchev–Trinajstić information content (AvgIpc) is 2.41. The largest absolute Gasteiger partial charge is 0.399 e. The Bertz CT molecular complexity index is 777. The Hall–Kier alpha value is -1.99. The fraction of sp³-hybridized carbons (Fsp3) is 0.143. The van der Waals surface area contributed by atoms with E-state index in [4.69, 9.17) is 5.73 Å². The van der Waals surface area contributed by atoms with Gasteiger partial charge in [-0.3, -0.25) is 0 Å². The summed E-state index contributed by atoms with van der Waals surface area (Å²) < 4.78 is 53.2. The van der Waals surface area contributed by atoms with Crippen LogP contribution in [-0.2, 0) is 16.6 Å². The van der Waals surface area contributed by atoms with E-state index in [-0.39, 0.29) is 12.1 Å². The SMILES string of the molecule is Cc1cc(S(=O)(=O)NCc2cccc(N)c2)c(F)cc1F. The Morgan fingerprint density at radius 3 is 2.52 bits per heavy atom. The monoisotopic (exact) mass is 312 g/mol. The number of nitrogen functional groups attached to an aromatic ring is 1. The highest BCUT2D eigenvalue weighted by molar-refractivity contribution is 7.89. The second kappa shape index (κ2) is 5.79. The van der Waals surface area contributed by atoms with E-state index in [0.29, 0.717) is 17.3 Å². The van der Waals surface area contributed by atoms with Crippen molar-refractivity contribution in [3.05, 3.63) is 59.2 Å². The molecule has 0 bridgehead atoms. The van der Waals surface area contributed by atoms with Crippen LogP contribution in [0.4, 0.5) is 14.5 Å². The predicted molar refractivity (Wildman–Crippen MR) is 76.0 cm³/mol. The molecule has 0 aliphatic carbocycles. The summed E-state index contributed by atoms with van der Waals surface area (Å²) >= 11 is 0. The molecule has 0 aliphatic rings. The zero-order valence-corrected chi connectivity index (χ0v) is 12.0. The third-order valence-corrected chi connectivity index (χ3v) is 4.34. The van der Waals surface area contributed by atoms with Crippen LogP contribution in [0.25, 0.3) is 0 Å². The lowest BCUT2D eigenvalue weighted by Crippen LogP contribution is -2.24. The van der Waals surface area contributed by atoms with Crippen LogP contribution in [0.3, 0.4) is 0 Å². The highest BCUT2D eigenvalue weighted by Gasteiger charge is 2.20. The van der Waals surface area contributed by atoms with E-state index >= 15 is 0 Å². The van der Waals surface area contributed by atoms with E-state index in [1.165, 1.54) is 6.92 Å². The zero-order valence-electron chi connectivity index (χ0n) is 11.2. The summed E-state index contributed by atoms with van der Waals surface area (Å²) in [6.45, 7) is 1.33. The third-order valence-electron chi connectivity index (χ3n) is 2.92. The minimum absolute atomic E-state index is 0.0385. The minimum atomic E-state index is -4.07. The molecule has 0 aliphatic heterocycles. The molecule has 4 nitrogen and oxygen atoms in total. The minimum Gasteiger partial charge on any atom is -0.399 e. The van der Waals surface area contributed by atoms with Gasteiger partial charge in [-0.2, -0.15) is 0 Å². The van der Waals surface area contributed by atoms with Gasteiger partial charge in [-0.1, -0.05) is 12.1 Å². The van der Waals surface area contributed by atoms with Crippen molar-refractivity contribution >= 4 is 15.7 Å². The number of aryl methyl sites for hydroxylation is 1. The van der Waals surface area contributed by atoms with Crippen LogP contribution in [0.2, 0.25) is 0 Å². The second-order valence-electron chi connectivity index (χ2n) is 4.60. The van der Waals surface area contributed by atoms with Gasteiger partial charge in [0.25, 0.3) is 0 Å². The van der Waals surface area contributed by atoms with Gasteiger partial charge in [-0.05, 0) is 36.2 Å². The molecule has 2 aromatic carbocycles. The molecule has 21 heavy (non-hydrogen) atoms. The molecule has 0 heterocycles. The molecule has 112 valence electrons. The summed E-state index contributed by atoms with van der Waals surface area (Å²) in [7, 11) is -4.07. The molecule has 0 radical (unpaired) electrons. The lowest BCUT2D eigenvalue weighted by atomic mass is 10.2. The number of hydrogen-bond acceptors (Lipinski definition) is 3. The Balaban J connectivity index is 2.25. The first kappa shape index (κ1) is 15.4. The molecule has 0 saturated heterocycles. The summed E-state index contributed by atoms with van der Waals surface area (Å²) in [5.74, 6) is -1.92. The highest BCUT2D eigenvalue weighted by Crippen LogP contribution is 2.19. The van der Waals surface area contributed by atoms with Crippen molar-refractivity contribution in [3.8, 4) is 0 Å². The number of sulfonamides is 1. The van der Waals surface area contributed by atoms with Gasteiger partial charge < -0.3 is 5.73 Å². The Morgan fingerprint density at radius 1 is 1.14 bits per heavy atom. The number of nitrogens with one attached hydrogen (secondary N) is 1. The number of nitrogens with two attached hydrogens (primary N) is 1. The van der Waals surface area contributed by atoms with Crippen LogP contribution >= 0.6 is 0 Å². The Labute approximate surface area is 121 Å². The fourth-order valence-corrected chi connectivity index (χ4v) is 2.96. The zero-order chi connectivity index (χ0) is 15.6. The van der Waals surface area contributed by atoms with Crippen LogP contribution < -0.4 is 10.5 Å². The van der Waals surface area contributed by atoms with E-state index in [1.807, 2.05) is 0 Å². The topological polar surface area (TPSA) is 72.2 Å². The van der Waals surface area contributed by atoms with Gasteiger partial charge in [-0.15, -0.1) is 0 Å². The summed E-state index contributed by atoms with van der Waals surface area (Å²) in [5, 5.41) is 0. The van der Waals surface area contributed by atoms with Gasteiger partial charge in [0.2, 0.25) is 10.0 Å². The van der Waals surface area contributed by atoms with Crippen molar-refractivity contribution < 1.29 is 17.2 Å². The van der Waals surface area contributed by atoms with Crippen LogP contribution in [-0.4, -0.2) is 8.42 Å². The highest BCUT2D eigenvalue weighted by atomic mass is 32.2. The maximum absolute atomic E-state index is 13.6. The lowest BCUT2D eigenvalue weighted by molar-refractivity contribution is 0.540. The van der Waals surface area contributed by atoms with E-state index in [9.17, 15) is 17.2 Å². The van der Waals surface area contributed by atoms with E-state index < -0.39 is 26.6 Å². The van der Waals surface area contributed by atoms with Crippen LogP contribution in [0.15, 0.2) is 41.3 Å². The summed E-state index contributed by atoms with van der Waals surface area (Å²) in [6, 6.07) is 8.17. The molecule has 0 amide bonds. The molecule has 0 spiro atoms. The van der Waals surface area contributed by atoms with Crippen molar-refractivity contribution in [2.75, 3.05) is 5.73 Å². The van der Waals surface area contributed by atoms with E-state index in [0.717, 1.165) is 6.07 Å². The molecular weight excluding hydrogens is 298 g/mol. The molecule has 0 saturated carbocycles. The van der Waals surface area contributed by atoms with Crippen molar-refractivity contribution in [3.63, 3.8) is 0 Å². The molecule has 2 aromatic rings. The Kier molecular flexibility index (Phi) is 4.24. The summed E-state index contributed by atoms with van der Waals surface area (Å²) in [6.07, 6.45) is 0. The van der Waals surface area contributed by atoms with Crippen molar-refractivity contribution in [1.82, 2.24) is 4.72 Å². The first-order valence-corrected chi connectivity index (χ1v) is 7.57. The normalized spacial score (nSPS) is 11.6. The van der Waals surface area contributed by atoms with Crippen LogP contribution in [0.5, 0.6) is 0 Å². The van der Waals surface area contributed by atoms with Crippen LogP contribution in [0, 0.1) is 18.6 Å². The summed E-state index contributed by atoms with van der Waals surface area (Å²) in [4.78, 5) is -0.578. The standard InChI is InChI=1S/C14H14F2N2O2S/c1-9-5-14(13(16)7-12(9)15)21(19,20)18-8-10-3-2-4-11(17)6-10/h2-7,18H,8,17H2,1H3. The molecule has 0 unspecified atom stereocenters. The molecule has 2 rings (SSSR count). The molecule has 7 heteroatoms. The van der Waals surface area contributed by atoms with Crippen LogP contribution in [0.1, 0.15) is 11.1 Å². The maximum Gasteiger partial charge on any atom is 0.243 e. The smallest absolute Gasteiger partial charge is 0.243 e. The molecule has 0 atom stereocenters. The van der Waals surface area contributed by atoms with Crippen molar-refractivity contribution in [2.24, 2.45) is 0 Å². The quantitative estimate of drug-likeness (QED) is 0.851. The maximum atomic E-state index is 13.6. The second-order valence-corrected chi connectivity index (χ2v) is 6.34. The first-order valence-electron chi connectivity index (χ1n) is 6.09. The molecular formula is C14H14F2N2O2S. The third kappa shape index (κ3) is 3.56. The molecule has 0 aromatic heterocycles. The number of hydrogen-bond donors (Lipinski definition) is 2. The average molecular weight is 312 g/mol. The number of benzene rings is 2. The molecule has 0 fully saturated rings. The van der Waals surface area contributed by atoms with E-state index in [1.54, 1.807) is 24.3 Å². The van der Waals surface area contributed by atoms with E-state index in [2.05, 4.69) is 4.72 Å². The van der Waals surface area contributed by atoms with Gasteiger partial charge in [0.1, 0.15) is 16.5 Å². The number of anilines is 1. The van der Waals surface area contributed by atoms with Crippen molar-refractivity contribution in [2.45, 2.75) is 18.4 Å². The first-order chi connectivity index (χ1) is 9.79. The lowest BCUT2D eigenvalue weighted by Gasteiger charge is -2.09. The van der Waals surface area contributed by atoms with Gasteiger partial charge >= 0.3 is 0 Å². The molecule has 3 N–H and O–H groups in total. The van der Waals surface area contributed by atoms with Gasteiger partial charge in [-0.25, -0.2) is 21.9 Å². The fourth-order valence-electron chi connectivity index (χ4n) is 1.80. The number of halogens is 2. The predicted octanol–water partition coefficient (Wildman–Crippen LogP) is 2.33. The Morgan fingerprint density at radius 2 is 1.86 bits per heavy atom. The number of rotatable bonds is 4. The van der Waals surface area contributed by atoms with Gasteiger partial charge in [0, 0.05) is 18.3 Å². The van der Waals surface area contributed by atoms with Gasteiger partial charge in [0.05, 0.1) is 0 Å². The van der Waals surface area contributed by atoms with Crippen molar-refractivity contribution in [1.29, 1.82) is 0 Å². The van der Waals surface area contributed by atoms with Gasteiger partial charge in [0.15, 0.2) is 0 Å². The summed E-state index contributed by atoms with van der Waals surface area (Å²) in [5.41, 5.74) is 6.78.